The van der Waals surface area contributed by atoms with Gasteiger partial charge in [-0.1, -0.05) is 0 Å². The van der Waals surface area contributed by atoms with Gasteiger partial charge in [0.25, 0.3) is 0 Å². The third-order valence-corrected chi connectivity index (χ3v) is 4.33. The van der Waals surface area contributed by atoms with Gasteiger partial charge >= 0.3 is 0 Å². The molecule has 0 aromatic heterocycles. The first kappa shape index (κ1) is 16.6. The van der Waals surface area contributed by atoms with Gasteiger partial charge in [-0.2, -0.15) is 0 Å². The molecule has 4 nitrogen and oxygen atoms in total. The second-order valence-electron chi connectivity index (χ2n) is 5.27. The second-order valence-corrected chi connectivity index (χ2v) is 6.12. The first-order valence-electron chi connectivity index (χ1n) is 7.47. The molecule has 5 heteroatoms. The highest BCUT2D eigenvalue weighted by molar-refractivity contribution is 9.10. The Bertz CT molecular complexity index is 447. The van der Waals surface area contributed by atoms with Crippen LogP contribution in [0.4, 0.5) is 0 Å². The van der Waals surface area contributed by atoms with Gasteiger partial charge in [0.2, 0.25) is 0 Å². The standard InChI is InChI=1S/C16H24BrNO3/c1-19-15-10-12(9-14(17)16(15)20-2)11-18-7-6-13-5-3-4-8-21-13/h9-10,13,18H,3-8,11H2,1-2H3. The largest absolute Gasteiger partial charge is 0.493 e. The van der Waals surface area contributed by atoms with Gasteiger partial charge < -0.3 is 19.5 Å². The first-order chi connectivity index (χ1) is 10.2. The van der Waals surface area contributed by atoms with Crippen LogP contribution in [0, 0.1) is 0 Å². The number of rotatable bonds is 7. The molecule has 0 aliphatic carbocycles. The van der Waals surface area contributed by atoms with Crippen molar-refractivity contribution >= 4 is 15.9 Å². The number of benzene rings is 1. The molecule has 1 aromatic carbocycles. The summed E-state index contributed by atoms with van der Waals surface area (Å²) in [6, 6.07) is 4.07. The summed E-state index contributed by atoms with van der Waals surface area (Å²) >= 11 is 3.52. The van der Waals surface area contributed by atoms with Crippen LogP contribution in [0.3, 0.4) is 0 Å². The van der Waals surface area contributed by atoms with Crippen molar-refractivity contribution in [1.82, 2.24) is 5.32 Å². The zero-order chi connectivity index (χ0) is 15.1. The maximum Gasteiger partial charge on any atom is 0.174 e. The van der Waals surface area contributed by atoms with Crippen LogP contribution in [0.25, 0.3) is 0 Å². The fraction of sp³-hybridized carbons (Fsp3) is 0.625. The smallest absolute Gasteiger partial charge is 0.174 e. The van der Waals surface area contributed by atoms with Gasteiger partial charge in [-0.25, -0.2) is 0 Å². The predicted molar refractivity (Wildman–Crippen MR) is 87.2 cm³/mol. The lowest BCUT2D eigenvalue weighted by molar-refractivity contribution is 0.0115. The van der Waals surface area contributed by atoms with Crippen molar-refractivity contribution in [2.45, 2.75) is 38.3 Å². The van der Waals surface area contributed by atoms with E-state index in [1.165, 1.54) is 24.8 Å². The molecule has 2 rings (SSSR count). The number of hydrogen-bond acceptors (Lipinski definition) is 4. The molecule has 1 aliphatic heterocycles. The Labute approximate surface area is 135 Å². The second kappa shape index (κ2) is 8.61. The average molecular weight is 358 g/mol. The van der Waals surface area contributed by atoms with E-state index in [0.29, 0.717) is 6.10 Å². The molecule has 1 atom stereocenters. The van der Waals surface area contributed by atoms with Gasteiger partial charge in [0.1, 0.15) is 0 Å². The molecule has 1 fully saturated rings. The van der Waals surface area contributed by atoms with Crippen LogP contribution in [-0.4, -0.2) is 33.5 Å². The van der Waals surface area contributed by atoms with E-state index in [1.807, 2.05) is 6.07 Å². The van der Waals surface area contributed by atoms with Crippen molar-refractivity contribution in [3.05, 3.63) is 22.2 Å². The van der Waals surface area contributed by atoms with Crippen molar-refractivity contribution in [1.29, 1.82) is 0 Å². The summed E-state index contributed by atoms with van der Waals surface area (Å²) in [6.45, 7) is 2.70. The van der Waals surface area contributed by atoms with Gasteiger partial charge in [-0.15, -0.1) is 0 Å². The van der Waals surface area contributed by atoms with Crippen LogP contribution < -0.4 is 14.8 Å². The van der Waals surface area contributed by atoms with Crippen LogP contribution >= 0.6 is 15.9 Å². The summed E-state index contributed by atoms with van der Waals surface area (Å²) in [5, 5.41) is 3.47. The van der Waals surface area contributed by atoms with Crippen LogP contribution in [0.1, 0.15) is 31.2 Å². The molecule has 1 unspecified atom stereocenters. The molecular weight excluding hydrogens is 334 g/mol. The van der Waals surface area contributed by atoms with Gasteiger partial charge in [0.15, 0.2) is 11.5 Å². The molecular formula is C16H24BrNO3. The molecule has 0 amide bonds. The summed E-state index contributed by atoms with van der Waals surface area (Å²) in [5.74, 6) is 1.48. The Hall–Kier alpha value is -0.780. The number of nitrogens with one attached hydrogen (secondary N) is 1. The van der Waals surface area contributed by atoms with Crippen LogP contribution in [-0.2, 0) is 11.3 Å². The monoisotopic (exact) mass is 357 g/mol. The lowest BCUT2D eigenvalue weighted by atomic mass is 10.1. The van der Waals surface area contributed by atoms with E-state index in [9.17, 15) is 0 Å². The predicted octanol–water partition coefficient (Wildman–Crippen LogP) is 3.52. The van der Waals surface area contributed by atoms with E-state index in [-0.39, 0.29) is 0 Å². The average Bonchev–Trinajstić information content (AvgIpc) is 2.52. The maximum absolute atomic E-state index is 5.73. The third kappa shape index (κ3) is 4.87. The zero-order valence-corrected chi connectivity index (χ0v) is 14.4. The van der Waals surface area contributed by atoms with Gasteiger partial charge in [-0.3, -0.25) is 0 Å². The summed E-state index contributed by atoms with van der Waals surface area (Å²) in [5.41, 5.74) is 1.17. The number of ether oxygens (including phenoxy) is 3. The fourth-order valence-electron chi connectivity index (χ4n) is 2.60. The van der Waals surface area contributed by atoms with E-state index in [0.717, 1.165) is 42.1 Å². The SMILES string of the molecule is COc1cc(CNCCC2CCCCO2)cc(Br)c1OC. The summed E-state index contributed by atoms with van der Waals surface area (Å²) in [7, 11) is 3.30. The van der Waals surface area contributed by atoms with Gasteiger partial charge in [0.05, 0.1) is 24.8 Å². The van der Waals surface area contributed by atoms with Crippen LogP contribution in [0.15, 0.2) is 16.6 Å². The van der Waals surface area contributed by atoms with E-state index in [4.69, 9.17) is 14.2 Å². The highest BCUT2D eigenvalue weighted by atomic mass is 79.9. The summed E-state index contributed by atoms with van der Waals surface area (Å²) in [4.78, 5) is 0. The van der Waals surface area contributed by atoms with Crippen molar-refractivity contribution in [3.8, 4) is 11.5 Å². The minimum atomic E-state index is 0.434. The normalized spacial score (nSPS) is 18.5. The molecule has 1 saturated heterocycles. The minimum absolute atomic E-state index is 0.434. The molecule has 0 radical (unpaired) electrons. The summed E-state index contributed by atoms with van der Waals surface area (Å²) < 4.78 is 17.3. The van der Waals surface area contributed by atoms with Gasteiger partial charge in [-0.05, 0) is 65.9 Å². The molecule has 1 N–H and O–H groups in total. The molecule has 1 heterocycles. The number of methoxy groups -OCH3 is 2. The molecule has 0 spiro atoms. The number of halogens is 1. The Morgan fingerprint density at radius 1 is 1.29 bits per heavy atom. The van der Waals surface area contributed by atoms with E-state index in [1.54, 1.807) is 14.2 Å². The highest BCUT2D eigenvalue weighted by Crippen LogP contribution is 2.36. The van der Waals surface area contributed by atoms with Crippen molar-refractivity contribution in [2.24, 2.45) is 0 Å². The molecule has 0 saturated carbocycles. The minimum Gasteiger partial charge on any atom is -0.493 e. The number of hydrogen-bond donors (Lipinski definition) is 1. The molecule has 0 bridgehead atoms. The Balaban J connectivity index is 1.81. The van der Waals surface area contributed by atoms with Crippen LogP contribution in [0.5, 0.6) is 11.5 Å². The Morgan fingerprint density at radius 2 is 2.14 bits per heavy atom. The highest BCUT2D eigenvalue weighted by Gasteiger charge is 2.13. The quantitative estimate of drug-likeness (QED) is 0.758. The lowest BCUT2D eigenvalue weighted by Gasteiger charge is -2.22. The fourth-order valence-corrected chi connectivity index (χ4v) is 3.26. The molecule has 21 heavy (non-hydrogen) atoms. The van der Waals surface area contributed by atoms with Crippen molar-refractivity contribution < 1.29 is 14.2 Å². The van der Waals surface area contributed by atoms with Crippen molar-refractivity contribution in [3.63, 3.8) is 0 Å². The third-order valence-electron chi connectivity index (χ3n) is 3.74. The molecule has 1 aromatic rings. The van der Waals surface area contributed by atoms with Gasteiger partial charge in [0, 0.05) is 13.2 Å². The lowest BCUT2D eigenvalue weighted by Crippen LogP contribution is -2.25. The van der Waals surface area contributed by atoms with E-state index < -0.39 is 0 Å². The van der Waals surface area contributed by atoms with E-state index in [2.05, 4.69) is 27.3 Å². The zero-order valence-electron chi connectivity index (χ0n) is 12.8. The topological polar surface area (TPSA) is 39.7 Å². The molecule has 1 aliphatic rings. The Kier molecular flexibility index (Phi) is 6.80. The van der Waals surface area contributed by atoms with E-state index >= 15 is 0 Å². The summed E-state index contributed by atoms with van der Waals surface area (Å²) in [6.07, 6.45) is 5.22. The maximum atomic E-state index is 5.73. The Morgan fingerprint density at radius 3 is 2.81 bits per heavy atom. The van der Waals surface area contributed by atoms with Crippen LogP contribution in [0.2, 0.25) is 0 Å². The molecule has 118 valence electrons. The first-order valence-corrected chi connectivity index (χ1v) is 8.26. The van der Waals surface area contributed by atoms with Crippen molar-refractivity contribution in [2.75, 3.05) is 27.4 Å².